The van der Waals surface area contributed by atoms with E-state index in [1.54, 1.807) is 22.7 Å². The molecule has 2 unspecified atom stereocenters. The van der Waals surface area contributed by atoms with E-state index >= 15 is 0 Å². The van der Waals surface area contributed by atoms with Crippen molar-refractivity contribution < 1.29 is 9.53 Å². The van der Waals surface area contributed by atoms with Gasteiger partial charge in [-0.2, -0.15) is 22.7 Å². The Morgan fingerprint density at radius 2 is 1.61 bits per heavy atom. The van der Waals surface area contributed by atoms with Gasteiger partial charge in [-0.25, -0.2) is 4.79 Å². The summed E-state index contributed by atoms with van der Waals surface area (Å²) in [5.41, 5.74) is 7.60. The average Bonchev–Trinajstić information content (AvgIpc) is 3.42. The fraction of sp³-hybridized carbons (Fsp3) is 0.318. The second kappa shape index (κ2) is 7.26. The number of anilines is 2. The Kier molecular flexibility index (Phi) is 4.61. The minimum absolute atomic E-state index is 0.372. The highest BCUT2D eigenvalue weighted by atomic mass is 32.1. The number of methoxy groups -OCH3 is 1. The van der Waals surface area contributed by atoms with Gasteiger partial charge < -0.3 is 9.64 Å². The molecule has 4 heterocycles. The van der Waals surface area contributed by atoms with Gasteiger partial charge in [0.05, 0.1) is 7.11 Å². The van der Waals surface area contributed by atoms with Crippen LogP contribution in [0.25, 0.3) is 0 Å². The summed E-state index contributed by atoms with van der Waals surface area (Å²) in [5.74, 6) is 0.744. The Labute approximate surface area is 172 Å². The van der Waals surface area contributed by atoms with Crippen molar-refractivity contribution in [1.29, 1.82) is 0 Å². The molecule has 2 atom stereocenters. The Morgan fingerprint density at radius 3 is 2.07 bits per heavy atom. The normalized spacial score (nSPS) is 20.5. The number of nitrogens with one attached hydrogen (secondary N) is 1. The predicted molar refractivity (Wildman–Crippen MR) is 116 cm³/mol. The summed E-state index contributed by atoms with van der Waals surface area (Å²) in [5, 5.41) is 11.7. The molecule has 1 N–H and O–H groups in total. The topological polar surface area (TPSA) is 41.6 Å². The fourth-order valence-corrected chi connectivity index (χ4v) is 6.10. The molecule has 5 rings (SSSR count). The SMILES string of the molecule is COC(=O)Nc1cc2c3c(c1)C(c1ccsc1)CCN3CCC2c1ccsc1. The van der Waals surface area contributed by atoms with Gasteiger partial charge in [0.2, 0.25) is 0 Å². The number of ether oxygens (including phenoxy) is 1. The molecule has 3 aromatic rings. The number of thiophene rings is 2. The Balaban J connectivity index is 1.68. The third-order valence-electron chi connectivity index (χ3n) is 5.93. The molecular formula is C22H22N2O2S2. The Bertz CT molecular complexity index is 915. The lowest BCUT2D eigenvalue weighted by Gasteiger charge is -2.43. The summed E-state index contributed by atoms with van der Waals surface area (Å²) in [7, 11) is 1.40. The first-order valence-electron chi connectivity index (χ1n) is 9.56. The van der Waals surface area contributed by atoms with Gasteiger partial charge in [-0.1, -0.05) is 0 Å². The Hall–Kier alpha value is -2.31. The summed E-state index contributed by atoms with van der Waals surface area (Å²) in [6, 6.07) is 8.77. The molecule has 0 bridgehead atoms. The van der Waals surface area contributed by atoms with E-state index in [0.29, 0.717) is 11.8 Å². The monoisotopic (exact) mass is 410 g/mol. The van der Waals surface area contributed by atoms with Crippen molar-refractivity contribution >= 4 is 40.1 Å². The third kappa shape index (κ3) is 3.01. The average molecular weight is 411 g/mol. The van der Waals surface area contributed by atoms with E-state index in [1.807, 2.05) is 0 Å². The number of amides is 1. The first-order chi connectivity index (χ1) is 13.7. The van der Waals surface area contributed by atoms with Crippen LogP contribution in [0.2, 0.25) is 0 Å². The third-order valence-corrected chi connectivity index (χ3v) is 7.34. The number of carbonyl (C=O) groups excluding carboxylic acids is 1. The quantitative estimate of drug-likeness (QED) is 0.587. The number of hydrogen-bond donors (Lipinski definition) is 1. The van der Waals surface area contributed by atoms with Crippen molar-refractivity contribution in [3.05, 3.63) is 68.0 Å². The predicted octanol–water partition coefficient (Wildman–Crippen LogP) is 5.87. The van der Waals surface area contributed by atoms with Gasteiger partial charge in [0.1, 0.15) is 0 Å². The maximum absolute atomic E-state index is 11.9. The largest absolute Gasteiger partial charge is 0.453 e. The molecule has 0 spiro atoms. The van der Waals surface area contributed by atoms with E-state index in [-0.39, 0.29) is 0 Å². The van der Waals surface area contributed by atoms with E-state index in [1.165, 1.54) is 35.1 Å². The molecule has 0 saturated carbocycles. The van der Waals surface area contributed by atoms with Crippen LogP contribution in [0.15, 0.2) is 45.8 Å². The fourth-order valence-electron chi connectivity index (χ4n) is 4.67. The van der Waals surface area contributed by atoms with Crippen LogP contribution in [0.5, 0.6) is 0 Å². The molecule has 2 aromatic heterocycles. The summed E-state index contributed by atoms with van der Waals surface area (Å²) in [4.78, 5) is 14.4. The second-order valence-corrected chi connectivity index (χ2v) is 8.96. The van der Waals surface area contributed by atoms with Gasteiger partial charge >= 0.3 is 6.09 Å². The molecule has 0 radical (unpaired) electrons. The van der Waals surface area contributed by atoms with Crippen LogP contribution in [0.3, 0.4) is 0 Å². The van der Waals surface area contributed by atoms with Gasteiger partial charge in [-0.3, -0.25) is 5.32 Å². The van der Waals surface area contributed by atoms with Gasteiger partial charge in [0, 0.05) is 36.3 Å². The van der Waals surface area contributed by atoms with Crippen LogP contribution in [-0.4, -0.2) is 26.3 Å². The number of benzene rings is 1. The van der Waals surface area contributed by atoms with Crippen LogP contribution < -0.4 is 10.2 Å². The molecule has 2 aliphatic heterocycles. The second-order valence-electron chi connectivity index (χ2n) is 7.40. The highest BCUT2D eigenvalue weighted by Gasteiger charge is 2.35. The van der Waals surface area contributed by atoms with Crippen LogP contribution in [0.1, 0.15) is 46.9 Å². The zero-order chi connectivity index (χ0) is 19.1. The summed E-state index contributed by atoms with van der Waals surface area (Å²) < 4.78 is 4.85. The van der Waals surface area contributed by atoms with Crippen LogP contribution in [-0.2, 0) is 4.74 Å². The number of carbonyl (C=O) groups is 1. The van der Waals surface area contributed by atoms with Crippen molar-refractivity contribution in [1.82, 2.24) is 0 Å². The first kappa shape index (κ1) is 17.8. The van der Waals surface area contributed by atoms with Gasteiger partial charge in [0.15, 0.2) is 0 Å². The number of nitrogens with zero attached hydrogens (tertiary/aromatic N) is 1. The molecule has 0 fully saturated rings. The number of hydrogen-bond acceptors (Lipinski definition) is 5. The standard InChI is InChI=1S/C22H22N2O2S2/c1-26-22(25)23-16-10-19-17(14-4-8-27-12-14)2-6-24-7-3-18(15-5-9-28-13-15)20(11-16)21(19)24/h4-5,8-13,17-18H,2-3,6-7H2,1H3,(H,23,25). The molecule has 4 nitrogen and oxygen atoms in total. The Morgan fingerprint density at radius 1 is 1.04 bits per heavy atom. The lowest BCUT2D eigenvalue weighted by molar-refractivity contribution is 0.187. The first-order valence-corrected chi connectivity index (χ1v) is 11.4. The van der Waals surface area contributed by atoms with Crippen LogP contribution in [0.4, 0.5) is 16.2 Å². The van der Waals surface area contributed by atoms with Crippen LogP contribution >= 0.6 is 22.7 Å². The molecule has 6 heteroatoms. The minimum Gasteiger partial charge on any atom is -0.453 e. The molecule has 0 aliphatic carbocycles. The maximum atomic E-state index is 11.9. The zero-order valence-corrected chi connectivity index (χ0v) is 17.3. The molecule has 28 heavy (non-hydrogen) atoms. The van der Waals surface area contributed by atoms with Crippen molar-refractivity contribution in [2.45, 2.75) is 24.7 Å². The molecule has 1 aromatic carbocycles. The molecule has 0 saturated heterocycles. The highest BCUT2D eigenvalue weighted by Crippen LogP contribution is 2.50. The van der Waals surface area contributed by atoms with Crippen molar-refractivity contribution in [3.8, 4) is 0 Å². The van der Waals surface area contributed by atoms with Gasteiger partial charge in [-0.15, -0.1) is 0 Å². The highest BCUT2D eigenvalue weighted by molar-refractivity contribution is 7.08. The smallest absolute Gasteiger partial charge is 0.411 e. The van der Waals surface area contributed by atoms with Crippen molar-refractivity contribution in [3.63, 3.8) is 0 Å². The van der Waals surface area contributed by atoms with Crippen LogP contribution in [0, 0.1) is 0 Å². The lowest BCUT2D eigenvalue weighted by atomic mass is 9.77. The summed E-state index contributed by atoms with van der Waals surface area (Å²) in [6.45, 7) is 2.17. The van der Waals surface area contributed by atoms with E-state index < -0.39 is 6.09 Å². The minimum atomic E-state index is -0.421. The summed E-state index contributed by atoms with van der Waals surface area (Å²) >= 11 is 3.50. The lowest BCUT2D eigenvalue weighted by Crippen LogP contribution is -2.37. The van der Waals surface area contributed by atoms with Gasteiger partial charge in [-0.05, 0) is 80.9 Å². The summed E-state index contributed by atoms with van der Waals surface area (Å²) in [6.07, 6.45) is 1.79. The van der Waals surface area contributed by atoms with E-state index in [2.05, 4.69) is 56.0 Å². The number of rotatable bonds is 3. The van der Waals surface area contributed by atoms with Crippen molar-refractivity contribution in [2.24, 2.45) is 0 Å². The molecule has 144 valence electrons. The molecule has 2 aliphatic rings. The van der Waals surface area contributed by atoms with E-state index in [9.17, 15) is 4.79 Å². The molecular weight excluding hydrogens is 388 g/mol. The zero-order valence-electron chi connectivity index (χ0n) is 15.7. The van der Waals surface area contributed by atoms with E-state index in [4.69, 9.17) is 4.74 Å². The van der Waals surface area contributed by atoms with Crippen molar-refractivity contribution in [2.75, 3.05) is 30.4 Å². The van der Waals surface area contributed by atoms with Gasteiger partial charge in [0.25, 0.3) is 0 Å². The maximum Gasteiger partial charge on any atom is 0.411 e. The molecule has 1 amide bonds. The van der Waals surface area contributed by atoms with E-state index in [0.717, 1.165) is 31.6 Å².